The van der Waals surface area contributed by atoms with Crippen LogP contribution in [0.3, 0.4) is 0 Å². The van der Waals surface area contributed by atoms with E-state index in [-0.39, 0.29) is 5.84 Å². The number of hydrogen-bond acceptors (Lipinski definition) is 4. The molecule has 2 rings (SSSR count). The zero-order chi connectivity index (χ0) is 14.7. The van der Waals surface area contributed by atoms with Crippen molar-refractivity contribution in [2.24, 2.45) is 16.8 Å². The van der Waals surface area contributed by atoms with Crippen LogP contribution in [0.2, 0.25) is 0 Å². The molecule has 110 valence electrons. The fourth-order valence-electron chi connectivity index (χ4n) is 2.89. The summed E-state index contributed by atoms with van der Waals surface area (Å²) < 4.78 is 0. The molecular weight excluding hydrogens is 252 g/mol. The zero-order valence-electron chi connectivity index (χ0n) is 12.5. The van der Waals surface area contributed by atoms with Crippen LogP contribution in [0.4, 0.5) is 5.69 Å². The Kier molecular flexibility index (Phi) is 4.49. The molecule has 0 spiro atoms. The van der Waals surface area contributed by atoms with Crippen molar-refractivity contribution in [3.8, 4) is 0 Å². The fraction of sp³-hybridized carbons (Fsp3) is 0.533. The number of hydrogen-bond donors (Lipinski definition) is 2. The fourth-order valence-corrected chi connectivity index (χ4v) is 2.89. The number of rotatable bonds is 4. The Morgan fingerprint density at radius 3 is 2.85 bits per heavy atom. The van der Waals surface area contributed by atoms with Crippen molar-refractivity contribution in [1.29, 1.82) is 0 Å². The molecule has 1 saturated heterocycles. The molecule has 1 aliphatic rings. The van der Waals surface area contributed by atoms with Crippen molar-refractivity contribution in [2.75, 3.05) is 38.6 Å². The molecule has 3 N–H and O–H groups in total. The number of anilines is 1. The first-order valence-corrected chi connectivity index (χ1v) is 6.99. The number of nitrogens with two attached hydrogens (primary N) is 1. The van der Waals surface area contributed by atoms with Gasteiger partial charge in [-0.3, -0.25) is 0 Å². The predicted molar refractivity (Wildman–Crippen MR) is 82.6 cm³/mol. The van der Waals surface area contributed by atoms with Gasteiger partial charge in [0, 0.05) is 31.4 Å². The molecule has 1 heterocycles. The number of likely N-dealkylation sites (tertiary alicyclic amines) is 1. The summed E-state index contributed by atoms with van der Waals surface area (Å²) in [5.74, 6) is 0.892. The lowest BCUT2D eigenvalue weighted by Gasteiger charge is -2.24. The number of aryl methyl sites for hydroxylation is 1. The molecule has 0 aliphatic carbocycles. The predicted octanol–water partition coefficient (Wildman–Crippen LogP) is 1.48. The highest BCUT2D eigenvalue weighted by molar-refractivity contribution is 5.98. The second-order valence-electron chi connectivity index (χ2n) is 5.78. The van der Waals surface area contributed by atoms with Crippen LogP contribution in [0.25, 0.3) is 0 Å². The maximum atomic E-state index is 8.75. The molecule has 1 aromatic carbocycles. The molecule has 1 aliphatic heterocycles. The van der Waals surface area contributed by atoms with Gasteiger partial charge in [-0.25, -0.2) is 0 Å². The third-order valence-electron chi connectivity index (χ3n) is 4.06. The molecule has 0 amide bonds. The van der Waals surface area contributed by atoms with E-state index in [1.54, 1.807) is 0 Å². The standard InChI is InChI=1S/C15H24N4O/c1-11-8-13(4-5-14(11)15(16)17-20)19(3)10-12-6-7-18(2)9-12/h4-5,8,12,20H,6-7,9-10H2,1-3H3,(H2,16,17). The highest BCUT2D eigenvalue weighted by Crippen LogP contribution is 2.22. The van der Waals surface area contributed by atoms with E-state index < -0.39 is 0 Å². The Hall–Kier alpha value is -1.75. The largest absolute Gasteiger partial charge is 0.409 e. The summed E-state index contributed by atoms with van der Waals surface area (Å²) in [6.07, 6.45) is 1.27. The Morgan fingerprint density at radius 1 is 1.55 bits per heavy atom. The Bertz CT molecular complexity index is 501. The number of benzene rings is 1. The van der Waals surface area contributed by atoms with Gasteiger partial charge in [0.1, 0.15) is 0 Å². The summed E-state index contributed by atoms with van der Waals surface area (Å²) in [5, 5.41) is 11.8. The van der Waals surface area contributed by atoms with Gasteiger partial charge in [0.25, 0.3) is 0 Å². The summed E-state index contributed by atoms with van der Waals surface area (Å²) in [6, 6.07) is 6.03. The first kappa shape index (κ1) is 14.7. The van der Waals surface area contributed by atoms with Crippen LogP contribution >= 0.6 is 0 Å². The summed E-state index contributed by atoms with van der Waals surface area (Å²) in [4.78, 5) is 4.66. The van der Waals surface area contributed by atoms with E-state index in [4.69, 9.17) is 10.9 Å². The molecule has 1 unspecified atom stereocenters. The van der Waals surface area contributed by atoms with Crippen LogP contribution in [0.15, 0.2) is 23.4 Å². The van der Waals surface area contributed by atoms with Gasteiger partial charge in [-0.2, -0.15) is 0 Å². The van der Waals surface area contributed by atoms with Gasteiger partial charge in [0.05, 0.1) is 0 Å². The number of nitrogens with zero attached hydrogens (tertiary/aromatic N) is 3. The molecule has 5 nitrogen and oxygen atoms in total. The molecule has 20 heavy (non-hydrogen) atoms. The highest BCUT2D eigenvalue weighted by Gasteiger charge is 2.21. The second-order valence-corrected chi connectivity index (χ2v) is 5.78. The van der Waals surface area contributed by atoms with Gasteiger partial charge in [-0.1, -0.05) is 5.16 Å². The number of amidine groups is 1. The lowest BCUT2D eigenvalue weighted by atomic mass is 10.1. The van der Waals surface area contributed by atoms with E-state index in [1.807, 2.05) is 19.1 Å². The topological polar surface area (TPSA) is 65.1 Å². The van der Waals surface area contributed by atoms with Crippen LogP contribution in [-0.2, 0) is 0 Å². The summed E-state index contributed by atoms with van der Waals surface area (Å²) >= 11 is 0. The Labute approximate surface area is 120 Å². The van der Waals surface area contributed by atoms with Crippen molar-refractivity contribution in [3.05, 3.63) is 29.3 Å². The van der Waals surface area contributed by atoms with Gasteiger partial charge >= 0.3 is 0 Å². The van der Waals surface area contributed by atoms with Crippen molar-refractivity contribution in [3.63, 3.8) is 0 Å². The molecular formula is C15H24N4O. The second kappa shape index (κ2) is 6.13. The smallest absolute Gasteiger partial charge is 0.170 e. The average Bonchev–Trinajstić information content (AvgIpc) is 2.83. The van der Waals surface area contributed by atoms with E-state index >= 15 is 0 Å². The minimum absolute atomic E-state index is 0.161. The zero-order valence-corrected chi connectivity index (χ0v) is 12.5. The van der Waals surface area contributed by atoms with Crippen molar-refractivity contribution in [1.82, 2.24) is 4.90 Å². The molecule has 0 radical (unpaired) electrons. The summed E-state index contributed by atoms with van der Waals surface area (Å²) in [6.45, 7) is 5.41. The van der Waals surface area contributed by atoms with Crippen molar-refractivity contribution in [2.45, 2.75) is 13.3 Å². The first-order chi connectivity index (χ1) is 9.51. The lowest BCUT2D eigenvalue weighted by Crippen LogP contribution is -2.27. The van der Waals surface area contributed by atoms with Gasteiger partial charge in [0.15, 0.2) is 5.84 Å². The first-order valence-electron chi connectivity index (χ1n) is 6.99. The maximum absolute atomic E-state index is 8.75. The van der Waals surface area contributed by atoms with Gasteiger partial charge < -0.3 is 20.7 Å². The molecule has 1 atom stereocenters. The van der Waals surface area contributed by atoms with Crippen LogP contribution in [0.5, 0.6) is 0 Å². The monoisotopic (exact) mass is 276 g/mol. The highest BCUT2D eigenvalue weighted by atomic mass is 16.4. The van der Waals surface area contributed by atoms with Crippen molar-refractivity contribution < 1.29 is 5.21 Å². The average molecular weight is 276 g/mol. The van der Waals surface area contributed by atoms with Crippen LogP contribution in [0.1, 0.15) is 17.5 Å². The number of oxime groups is 1. The third kappa shape index (κ3) is 3.22. The lowest BCUT2D eigenvalue weighted by molar-refractivity contribution is 0.318. The summed E-state index contributed by atoms with van der Waals surface area (Å²) in [5.41, 5.74) is 8.63. The SMILES string of the molecule is Cc1cc(N(C)CC2CCN(C)C2)ccc1/C(N)=N/O. The normalized spacial score (nSPS) is 20.4. The quantitative estimate of drug-likeness (QED) is 0.378. The maximum Gasteiger partial charge on any atom is 0.170 e. The Balaban J connectivity index is 2.07. The molecule has 0 bridgehead atoms. The van der Waals surface area contributed by atoms with Crippen LogP contribution in [0, 0.1) is 12.8 Å². The molecule has 5 heteroatoms. The summed E-state index contributed by atoms with van der Waals surface area (Å²) in [7, 11) is 4.30. The van der Waals surface area contributed by atoms with E-state index in [2.05, 4.69) is 35.1 Å². The van der Waals surface area contributed by atoms with Gasteiger partial charge in [0.2, 0.25) is 0 Å². The molecule has 1 fully saturated rings. The molecule has 0 saturated carbocycles. The van der Waals surface area contributed by atoms with E-state index in [1.165, 1.54) is 25.2 Å². The van der Waals surface area contributed by atoms with Crippen LogP contribution in [-0.4, -0.2) is 49.7 Å². The van der Waals surface area contributed by atoms with Crippen LogP contribution < -0.4 is 10.6 Å². The molecule has 1 aromatic rings. The van der Waals surface area contributed by atoms with E-state index in [9.17, 15) is 0 Å². The van der Waals surface area contributed by atoms with Gasteiger partial charge in [-0.05, 0) is 56.6 Å². The van der Waals surface area contributed by atoms with Gasteiger partial charge in [-0.15, -0.1) is 0 Å². The Morgan fingerprint density at radius 2 is 2.30 bits per heavy atom. The molecule has 0 aromatic heterocycles. The minimum atomic E-state index is 0.161. The van der Waals surface area contributed by atoms with Crippen molar-refractivity contribution >= 4 is 11.5 Å². The van der Waals surface area contributed by atoms with E-state index in [0.717, 1.165) is 23.6 Å². The minimum Gasteiger partial charge on any atom is -0.409 e. The third-order valence-corrected chi connectivity index (χ3v) is 4.06. The van der Waals surface area contributed by atoms with E-state index in [0.29, 0.717) is 0 Å².